The molecule has 0 radical (unpaired) electrons. The van der Waals surface area contributed by atoms with Gasteiger partial charge in [0.2, 0.25) is 0 Å². The van der Waals surface area contributed by atoms with Crippen LogP contribution in [0.5, 0.6) is 5.75 Å². The number of aryl methyl sites for hydroxylation is 1. The second-order valence-corrected chi connectivity index (χ2v) is 4.69. The number of ether oxygens (including phenoxy) is 1. The fraction of sp³-hybridized carbons (Fsp3) is 0.500. The number of hydrogen-bond donors (Lipinski definition) is 1. The van der Waals surface area contributed by atoms with Crippen LogP contribution in [0, 0.1) is 18.3 Å². The van der Waals surface area contributed by atoms with Crippen LogP contribution in [-0.4, -0.2) is 18.7 Å². The van der Waals surface area contributed by atoms with Crippen molar-refractivity contribution in [1.82, 2.24) is 5.32 Å². The zero-order valence-corrected chi connectivity index (χ0v) is 10.4. The first-order valence-electron chi connectivity index (χ1n) is 6.01. The number of rotatable bonds is 3. The molecule has 1 fully saturated rings. The van der Waals surface area contributed by atoms with E-state index in [1.54, 1.807) is 0 Å². The van der Waals surface area contributed by atoms with Crippen LogP contribution in [0.2, 0.25) is 0 Å². The molecule has 17 heavy (non-hydrogen) atoms. The van der Waals surface area contributed by atoms with Crippen LogP contribution >= 0.6 is 0 Å². The van der Waals surface area contributed by atoms with Crippen LogP contribution in [0.3, 0.4) is 0 Å². The summed E-state index contributed by atoms with van der Waals surface area (Å²) in [5.41, 5.74) is 0.749. The highest BCUT2D eigenvalue weighted by molar-refractivity contribution is 5.32. The van der Waals surface area contributed by atoms with Gasteiger partial charge in [-0.15, -0.1) is 0 Å². The van der Waals surface area contributed by atoms with Gasteiger partial charge in [-0.05, 0) is 38.4 Å². The van der Waals surface area contributed by atoms with Gasteiger partial charge < -0.3 is 10.1 Å². The predicted octanol–water partition coefficient (Wildman–Crippen LogP) is 2.41. The number of hydrogen-bond acceptors (Lipinski definition) is 3. The second kappa shape index (κ2) is 4.77. The quantitative estimate of drug-likeness (QED) is 0.867. The lowest BCUT2D eigenvalue weighted by atomic mass is 10.0. The molecule has 2 unspecified atom stereocenters. The van der Waals surface area contributed by atoms with Crippen molar-refractivity contribution in [3.63, 3.8) is 0 Å². The fourth-order valence-electron chi connectivity index (χ4n) is 2.35. The average Bonchev–Trinajstić information content (AvgIpc) is 2.76. The van der Waals surface area contributed by atoms with Gasteiger partial charge in [-0.25, -0.2) is 0 Å². The van der Waals surface area contributed by atoms with Crippen molar-refractivity contribution < 1.29 is 4.74 Å². The zero-order valence-electron chi connectivity index (χ0n) is 10.4. The van der Waals surface area contributed by atoms with Gasteiger partial charge >= 0.3 is 0 Å². The summed E-state index contributed by atoms with van der Waals surface area (Å²) in [6, 6.07) is 10.4. The Morgan fingerprint density at radius 1 is 1.47 bits per heavy atom. The molecule has 0 amide bonds. The maximum Gasteiger partial charge on any atom is 0.122 e. The highest BCUT2D eigenvalue weighted by Gasteiger charge is 2.39. The largest absolute Gasteiger partial charge is 0.490 e. The molecule has 90 valence electrons. The van der Waals surface area contributed by atoms with Crippen LogP contribution in [-0.2, 0) is 0 Å². The lowest BCUT2D eigenvalue weighted by Crippen LogP contribution is -2.39. The van der Waals surface area contributed by atoms with Gasteiger partial charge in [0.25, 0.3) is 0 Å². The van der Waals surface area contributed by atoms with Crippen LogP contribution in [0.1, 0.15) is 24.8 Å². The van der Waals surface area contributed by atoms with E-state index >= 15 is 0 Å². The number of nitriles is 1. The van der Waals surface area contributed by atoms with Gasteiger partial charge in [-0.2, -0.15) is 5.26 Å². The summed E-state index contributed by atoms with van der Waals surface area (Å²) in [6.07, 6.45) is 2.69. The van der Waals surface area contributed by atoms with Crippen molar-refractivity contribution in [3.8, 4) is 11.8 Å². The third kappa shape index (κ3) is 2.42. The van der Waals surface area contributed by atoms with Crippen LogP contribution in [0.4, 0.5) is 0 Å². The van der Waals surface area contributed by atoms with Crippen LogP contribution in [0.25, 0.3) is 0 Å². The lowest BCUT2D eigenvalue weighted by molar-refractivity contribution is 0.200. The number of para-hydroxylation sites is 1. The Balaban J connectivity index is 2.04. The summed E-state index contributed by atoms with van der Waals surface area (Å²) in [7, 11) is 1.85. The first-order chi connectivity index (χ1) is 8.19. The minimum absolute atomic E-state index is 0.142. The zero-order chi connectivity index (χ0) is 12.3. The van der Waals surface area contributed by atoms with Crippen molar-refractivity contribution in [3.05, 3.63) is 29.8 Å². The topological polar surface area (TPSA) is 45.0 Å². The van der Waals surface area contributed by atoms with E-state index in [9.17, 15) is 5.26 Å². The average molecular weight is 230 g/mol. The molecule has 1 saturated carbocycles. The van der Waals surface area contributed by atoms with E-state index in [0.29, 0.717) is 0 Å². The Kier molecular flexibility index (Phi) is 3.35. The Morgan fingerprint density at radius 3 is 2.82 bits per heavy atom. The molecule has 1 N–H and O–H groups in total. The molecule has 0 saturated heterocycles. The van der Waals surface area contributed by atoms with E-state index in [0.717, 1.165) is 30.6 Å². The van der Waals surface area contributed by atoms with Gasteiger partial charge in [0.05, 0.1) is 6.07 Å². The molecular weight excluding hydrogens is 212 g/mol. The van der Waals surface area contributed by atoms with Crippen molar-refractivity contribution in [2.24, 2.45) is 0 Å². The third-order valence-corrected chi connectivity index (χ3v) is 3.55. The Bertz CT molecular complexity index is 438. The Morgan fingerprint density at radius 2 is 2.24 bits per heavy atom. The molecule has 1 aromatic carbocycles. The van der Waals surface area contributed by atoms with Gasteiger partial charge in [-0.1, -0.05) is 18.2 Å². The normalized spacial score (nSPS) is 27.7. The van der Waals surface area contributed by atoms with E-state index in [-0.39, 0.29) is 6.10 Å². The Hall–Kier alpha value is -1.53. The first-order valence-corrected chi connectivity index (χ1v) is 6.01. The minimum Gasteiger partial charge on any atom is -0.490 e. The summed E-state index contributed by atoms with van der Waals surface area (Å²) in [6.45, 7) is 2.04. The van der Waals surface area contributed by atoms with Gasteiger partial charge in [0, 0.05) is 6.42 Å². The molecule has 0 spiro atoms. The lowest BCUT2D eigenvalue weighted by Gasteiger charge is -2.20. The van der Waals surface area contributed by atoms with E-state index in [2.05, 4.69) is 11.4 Å². The molecule has 1 aliphatic rings. The summed E-state index contributed by atoms with van der Waals surface area (Å²) < 4.78 is 5.97. The van der Waals surface area contributed by atoms with Crippen molar-refractivity contribution in [2.75, 3.05) is 7.05 Å². The second-order valence-electron chi connectivity index (χ2n) is 4.69. The smallest absolute Gasteiger partial charge is 0.122 e. The van der Waals surface area contributed by atoms with Crippen LogP contribution in [0.15, 0.2) is 24.3 Å². The van der Waals surface area contributed by atoms with Crippen molar-refractivity contribution >= 4 is 0 Å². The predicted molar refractivity (Wildman–Crippen MR) is 66.8 cm³/mol. The van der Waals surface area contributed by atoms with E-state index < -0.39 is 5.54 Å². The standard InChI is InChI=1S/C14H18N2O/c1-11-5-3-4-6-13(11)17-12-7-8-14(9-12,10-15)16-2/h3-6,12,16H,7-9H2,1-2H3. The molecule has 3 heteroatoms. The maximum absolute atomic E-state index is 9.19. The summed E-state index contributed by atoms with van der Waals surface area (Å²) in [5, 5.41) is 12.3. The minimum atomic E-state index is -0.395. The van der Waals surface area contributed by atoms with Crippen molar-refractivity contribution in [1.29, 1.82) is 5.26 Å². The molecule has 3 nitrogen and oxygen atoms in total. The molecule has 0 heterocycles. The molecule has 0 aliphatic heterocycles. The number of nitrogens with one attached hydrogen (secondary N) is 1. The fourth-order valence-corrected chi connectivity index (χ4v) is 2.35. The summed E-state index contributed by atoms with van der Waals surface area (Å²) >= 11 is 0. The summed E-state index contributed by atoms with van der Waals surface area (Å²) in [4.78, 5) is 0. The van der Waals surface area contributed by atoms with E-state index in [4.69, 9.17) is 4.74 Å². The molecule has 1 aromatic rings. The monoisotopic (exact) mass is 230 g/mol. The third-order valence-electron chi connectivity index (χ3n) is 3.55. The van der Waals surface area contributed by atoms with Crippen molar-refractivity contribution in [2.45, 2.75) is 37.8 Å². The maximum atomic E-state index is 9.19. The molecular formula is C14H18N2O. The molecule has 1 aliphatic carbocycles. The highest BCUT2D eigenvalue weighted by Crippen LogP contribution is 2.32. The highest BCUT2D eigenvalue weighted by atomic mass is 16.5. The summed E-state index contributed by atoms with van der Waals surface area (Å²) in [5.74, 6) is 0.933. The van der Waals surface area contributed by atoms with Gasteiger partial charge in [0.15, 0.2) is 0 Å². The molecule has 0 aromatic heterocycles. The number of benzene rings is 1. The van der Waals surface area contributed by atoms with E-state index in [1.165, 1.54) is 0 Å². The van der Waals surface area contributed by atoms with Gasteiger partial charge in [-0.3, -0.25) is 0 Å². The van der Waals surface area contributed by atoms with Gasteiger partial charge in [0.1, 0.15) is 17.4 Å². The van der Waals surface area contributed by atoms with E-state index in [1.807, 2.05) is 38.2 Å². The number of nitrogens with zero attached hydrogens (tertiary/aromatic N) is 1. The molecule has 2 atom stereocenters. The molecule has 0 bridgehead atoms. The van der Waals surface area contributed by atoms with Crippen LogP contribution < -0.4 is 10.1 Å². The molecule has 2 rings (SSSR count). The SMILES string of the molecule is CNC1(C#N)CCC(Oc2ccccc2C)C1. The Labute approximate surface area is 102 Å². The first kappa shape index (κ1) is 11.9.